The van der Waals surface area contributed by atoms with E-state index >= 15 is 0 Å². The standard InChI is InChI=1S/C70H130N5O9P/c1-5-6-7-8-9-10-11-12-13-15-19-25-30-35-40-45-50-59(3)62(81-4)52-47-42-37-32-27-22-18-20-24-29-34-39-44-49-58(2)61-54-60(61)51-46-41-36-31-26-21-16-14-17-23-28-33-38-43-48-53-64(76)84-85(79,80)82-55-63-66(77)67(78)70(83-63)75-57-74-65-68(71)72-56-73-69(65)75/h56-63,66-67,70,77-78H,5-55H2,1-4H3,(H,79,80)(H2,71,72,73)/p-1/t58?,59?,60?,61?,62?,63-,66-,67-,70-/m1/s1. The predicted octanol–water partition coefficient (Wildman–Crippen LogP) is 19.1. The van der Waals surface area contributed by atoms with E-state index in [9.17, 15) is 24.5 Å². The molecular weight excluding hydrogens is 1090 g/mol. The average molecular weight is 1220 g/mol. The zero-order chi connectivity index (χ0) is 61.0. The molecule has 4 rings (SSSR count). The van der Waals surface area contributed by atoms with Crippen LogP contribution in [0.2, 0.25) is 0 Å². The molecule has 14 nitrogen and oxygen atoms in total. The fourth-order valence-corrected chi connectivity index (χ4v) is 14.3. The van der Waals surface area contributed by atoms with E-state index in [2.05, 4.69) is 40.2 Å². The second-order valence-corrected chi connectivity index (χ2v) is 28.2. The van der Waals surface area contributed by atoms with Gasteiger partial charge in [-0.1, -0.05) is 310 Å². The largest absolute Gasteiger partial charge is 0.746 e. The number of carbonyl (C=O) groups excluding carboxylic acids is 1. The maximum absolute atomic E-state index is 12.4. The number of imidazole rings is 1. The number of hydrogen-bond acceptors (Lipinski definition) is 13. The zero-order valence-electron chi connectivity index (χ0n) is 55.0. The van der Waals surface area contributed by atoms with Gasteiger partial charge in [-0.3, -0.25) is 13.9 Å². The molecule has 10 atom stereocenters. The highest BCUT2D eigenvalue weighted by molar-refractivity contribution is 7.46. The summed E-state index contributed by atoms with van der Waals surface area (Å²) in [7, 11) is -3.07. The molecule has 1 saturated heterocycles. The first-order chi connectivity index (χ1) is 41.5. The van der Waals surface area contributed by atoms with Gasteiger partial charge in [0.25, 0.3) is 0 Å². The number of unbranched alkanes of at least 4 members (excludes halogenated alkanes) is 41. The van der Waals surface area contributed by atoms with E-state index in [0.717, 1.165) is 37.0 Å². The van der Waals surface area contributed by atoms with Crippen LogP contribution in [0.4, 0.5) is 5.82 Å². The number of aliphatic hydroxyl groups is 2. The van der Waals surface area contributed by atoms with E-state index in [1.165, 1.54) is 306 Å². The molecule has 0 radical (unpaired) electrons. The molecule has 2 aliphatic rings. The molecule has 3 heterocycles. The number of aliphatic hydroxyl groups excluding tert-OH is 2. The van der Waals surface area contributed by atoms with Gasteiger partial charge < -0.3 is 39.4 Å². The second-order valence-electron chi connectivity index (χ2n) is 26.8. The van der Waals surface area contributed by atoms with Gasteiger partial charge in [-0.2, -0.15) is 0 Å². The molecule has 1 aliphatic heterocycles. The number of fused-ring (bicyclic) bond motifs is 1. The van der Waals surface area contributed by atoms with E-state index in [1.54, 1.807) is 0 Å². The third-order valence-electron chi connectivity index (χ3n) is 19.4. The SMILES string of the molecule is CCCCCCCCCCCCCCCCCCC(C)C(CCCCCCCCCCCCCCCC(C)C1CC1CCCCCCCCCCCCCCCCCC(=O)OP(=O)([O-])OC[C@H]1O[C@@H](n2cnc3c(N)ncnc32)[C@H](O)[C@@H]1O)OC. The molecule has 2 fully saturated rings. The Balaban J connectivity index is 0.803. The third-order valence-corrected chi connectivity index (χ3v) is 20.3. The zero-order valence-corrected chi connectivity index (χ0v) is 55.9. The fourth-order valence-electron chi connectivity index (χ4n) is 13.6. The van der Waals surface area contributed by atoms with Crippen molar-refractivity contribution < 1.29 is 43.0 Å². The summed E-state index contributed by atoms with van der Waals surface area (Å²) in [6.45, 7) is 6.62. The summed E-state index contributed by atoms with van der Waals surface area (Å²) in [6, 6.07) is 0. The maximum atomic E-state index is 12.4. The van der Waals surface area contributed by atoms with Gasteiger partial charge in [0.2, 0.25) is 0 Å². The highest BCUT2D eigenvalue weighted by Crippen LogP contribution is 2.49. The Kier molecular flexibility index (Phi) is 42.3. The first-order valence-electron chi connectivity index (χ1n) is 36.1. The molecule has 2 aromatic heterocycles. The van der Waals surface area contributed by atoms with Crippen molar-refractivity contribution in [3.63, 3.8) is 0 Å². The number of aromatic nitrogens is 4. The number of methoxy groups -OCH3 is 1. The van der Waals surface area contributed by atoms with Crippen molar-refractivity contribution >= 4 is 30.8 Å². The molecule has 6 unspecified atom stereocenters. The van der Waals surface area contributed by atoms with Crippen molar-refractivity contribution in [3.05, 3.63) is 12.7 Å². The monoisotopic (exact) mass is 1210 g/mol. The summed E-state index contributed by atoms with van der Waals surface area (Å²) >= 11 is 0. The number of rotatable bonds is 59. The summed E-state index contributed by atoms with van der Waals surface area (Å²) in [5.74, 6) is 2.92. The second kappa shape index (κ2) is 47.7. The molecule has 1 saturated carbocycles. The van der Waals surface area contributed by atoms with E-state index in [-0.39, 0.29) is 23.4 Å². The Bertz CT molecular complexity index is 1980. The molecule has 0 amide bonds. The van der Waals surface area contributed by atoms with Gasteiger partial charge >= 0.3 is 13.8 Å². The number of nitrogens with two attached hydrogens (primary N) is 1. The predicted molar refractivity (Wildman–Crippen MR) is 348 cm³/mol. The minimum atomic E-state index is -5.02. The number of phosphoric ester groups is 1. The fraction of sp³-hybridized carbons (Fsp3) is 0.914. The van der Waals surface area contributed by atoms with Gasteiger partial charge in [-0.25, -0.2) is 15.0 Å². The highest BCUT2D eigenvalue weighted by atomic mass is 31.2. The Morgan fingerprint density at radius 1 is 0.624 bits per heavy atom. The summed E-state index contributed by atoms with van der Waals surface area (Å²) in [6.07, 6.45) is 64.4. The summed E-state index contributed by atoms with van der Waals surface area (Å²) < 4.78 is 34.9. The van der Waals surface area contributed by atoms with E-state index in [4.69, 9.17) is 19.7 Å². The molecule has 494 valence electrons. The van der Waals surface area contributed by atoms with E-state index in [0.29, 0.717) is 18.4 Å². The van der Waals surface area contributed by atoms with E-state index in [1.807, 2.05) is 7.11 Å². The Hall–Kier alpha value is -2.19. The summed E-state index contributed by atoms with van der Waals surface area (Å²) in [5, 5.41) is 21.1. The van der Waals surface area contributed by atoms with Gasteiger partial charge in [0.05, 0.1) is 19.0 Å². The topological polar surface area (TPSA) is 204 Å². The lowest BCUT2D eigenvalue weighted by Gasteiger charge is -2.24. The van der Waals surface area contributed by atoms with Crippen LogP contribution in [0.3, 0.4) is 0 Å². The van der Waals surface area contributed by atoms with Crippen molar-refractivity contribution in [2.24, 2.45) is 23.7 Å². The van der Waals surface area contributed by atoms with Gasteiger partial charge in [-0.15, -0.1) is 0 Å². The first kappa shape index (κ1) is 75.3. The molecule has 0 bridgehead atoms. The van der Waals surface area contributed by atoms with Gasteiger partial charge in [0, 0.05) is 13.5 Å². The molecule has 0 aromatic carbocycles. The number of nitrogens with zero attached hydrogens (tertiary/aromatic N) is 4. The molecule has 4 N–H and O–H groups in total. The van der Waals surface area contributed by atoms with Crippen LogP contribution in [0, 0.1) is 23.7 Å². The highest BCUT2D eigenvalue weighted by Gasteiger charge is 2.45. The van der Waals surface area contributed by atoms with Crippen molar-refractivity contribution in [2.75, 3.05) is 19.5 Å². The number of anilines is 1. The quantitative estimate of drug-likeness (QED) is 0.0417. The van der Waals surface area contributed by atoms with Crippen LogP contribution < -0.4 is 10.6 Å². The van der Waals surface area contributed by atoms with Crippen molar-refractivity contribution in [2.45, 2.75) is 372 Å². The molecule has 1 aliphatic carbocycles. The van der Waals surface area contributed by atoms with Crippen LogP contribution in [-0.4, -0.2) is 73.8 Å². The average Bonchev–Trinajstić information content (AvgIpc) is 2.20. The minimum Gasteiger partial charge on any atom is -0.746 e. The smallest absolute Gasteiger partial charge is 0.322 e. The van der Waals surface area contributed by atoms with Gasteiger partial charge in [-0.05, 0) is 49.4 Å². The van der Waals surface area contributed by atoms with Crippen LogP contribution >= 0.6 is 7.82 Å². The van der Waals surface area contributed by atoms with Crippen LogP contribution in [0.15, 0.2) is 12.7 Å². The number of phosphoric acid groups is 1. The number of ether oxygens (including phenoxy) is 2. The van der Waals surface area contributed by atoms with Gasteiger partial charge in [0.15, 0.2) is 17.7 Å². The lowest BCUT2D eigenvalue weighted by atomic mass is 9.93. The molecule has 0 spiro atoms. The number of nitrogen functional groups attached to an aromatic ring is 1. The normalized spacial score (nSPS) is 20.5. The maximum Gasteiger partial charge on any atom is 0.322 e. The van der Waals surface area contributed by atoms with Crippen LogP contribution in [0.25, 0.3) is 11.2 Å². The van der Waals surface area contributed by atoms with Crippen LogP contribution in [0.5, 0.6) is 0 Å². The minimum absolute atomic E-state index is 0.0319. The lowest BCUT2D eigenvalue weighted by molar-refractivity contribution is -0.227. The van der Waals surface area contributed by atoms with Crippen LogP contribution in [0.1, 0.15) is 348 Å². The summed E-state index contributed by atoms with van der Waals surface area (Å²) in [4.78, 5) is 36.7. The third kappa shape index (κ3) is 34.0. The van der Waals surface area contributed by atoms with E-state index < -0.39 is 44.9 Å². The van der Waals surface area contributed by atoms with Gasteiger partial charge in [0.1, 0.15) is 30.2 Å². The van der Waals surface area contributed by atoms with Crippen molar-refractivity contribution in [3.8, 4) is 0 Å². The molecule has 2 aromatic rings. The van der Waals surface area contributed by atoms with Crippen LogP contribution in [-0.2, 0) is 27.9 Å². The molecular formula is C70H129N5O9P-. The van der Waals surface area contributed by atoms with Crippen molar-refractivity contribution in [1.29, 1.82) is 0 Å². The molecule has 85 heavy (non-hydrogen) atoms. The Morgan fingerprint density at radius 2 is 1.06 bits per heavy atom. The Labute approximate surface area is 519 Å². The number of carbonyl (C=O) groups is 1. The lowest BCUT2D eigenvalue weighted by Crippen LogP contribution is -2.34. The molecule has 15 heteroatoms. The summed E-state index contributed by atoms with van der Waals surface area (Å²) in [5.41, 5.74) is 6.39. The Morgan fingerprint density at radius 3 is 1.54 bits per heavy atom. The van der Waals surface area contributed by atoms with Crippen molar-refractivity contribution in [1.82, 2.24) is 19.5 Å². The number of hydrogen-bond donors (Lipinski definition) is 3. The first-order valence-corrected chi connectivity index (χ1v) is 37.6.